The molecule has 0 bridgehead atoms. The molecule has 30 heavy (non-hydrogen) atoms. The molecule has 3 heterocycles. The quantitative estimate of drug-likeness (QED) is 0.609. The van der Waals surface area contributed by atoms with E-state index in [1.165, 1.54) is 16.8 Å². The number of H-pyrrole nitrogens is 1. The van der Waals surface area contributed by atoms with Gasteiger partial charge in [-0.05, 0) is 31.2 Å². The van der Waals surface area contributed by atoms with E-state index in [0.29, 0.717) is 37.9 Å². The topological polar surface area (TPSA) is 116 Å². The van der Waals surface area contributed by atoms with Gasteiger partial charge >= 0.3 is 0 Å². The van der Waals surface area contributed by atoms with Gasteiger partial charge in [0.05, 0.1) is 19.6 Å². The molecule has 1 aromatic carbocycles. The van der Waals surface area contributed by atoms with Gasteiger partial charge in [0.25, 0.3) is 10.0 Å². The molecule has 0 radical (unpaired) electrons. The maximum absolute atomic E-state index is 12.6. The largest absolute Gasteiger partial charge is 0.497 e. The molecular formula is C19H23N7O3S. The van der Waals surface area contributed by atoms with E-state index in [1.54, 1.807) is 7.11 Å². The van der Waals surface area contributed by atoms with Crippen molar-refractivity contribution in [2.24, 2.45) is 0 Å². The number of rotatable bonds is 6. The third kappa shape index (κ3) is 4.21. The van der Waals surface area contributed by atoms with E-state index in [0.717, 1.165) is 17.1 Å². The zero-order valence-corrected chi connectivity index (χ0v) is 17.6. The number of aromatic nitrogens is 4. The fourth-order valence-electron chi connectivity index (χ4n) is 3.23. The predicted molar refractivity (Wildman–Crippen MR) is 113 cm³/mol. The number of nitrogens with one attached hydrogen (secondary N) is 2. The number of nitrogens with zero attached hydrogens (tertiary/aromatic N) is 5. The van der Waals surface area contributed by atoms with Crippen LogP contribution >= 0.6 is 0 Å². The van der Waals surface area contributed by atoms with Crippen molar-refractivity contribution in [2.45, 2.75) is 11.9 Å². The lowest BCUT2D eigenvalue weighted by atomic mass is 10.3. The van der Waals surface area contributed by atoms with E-state index in [9.17, 15) is 8.42 Å². The summed E-state index contributed by atoms with van der Waals surface area (Å²) in [5.41, 5.74) is 1.71. The van der Waals surface area contributed by atoms with E-state index in [1.807, 2.05) is 42.2 Å². The summed E-state index contributed by atoms with van der Waals surface area (Å²) in [4.78, 5) is 17.6. The monoisotopic (exact) mass is 429 g/mol. The first-order valence-corrected chi connectivity index (χ1v) is 10.9. The van der Waals surface area contributed by atoms with E-state index >= 15 is 0 Å². The van der Waals surface area contributed by atoms with Gasteiger partial charge in [0.1, 0.15) is 11.6 Å². The summed E-state index contributed by atoms with van der Waals surface area (Å²) >= 11 is 0. The van der Waals surface area contributed by atoms with E-state index in [2.05, 4.69) is 25.3 Å². The van der Waals surface area contributed by atoms with E-state index in [4.69, 9.17) is 4.74 Å². The van der Waals surface area contributed by atoms with Crippen molar-refractivity contribution in [1.29, 1.82) is 0 Å². The van der Waals surface area contributed by atoms with Gasteiger partial charge in [-0.2, -0.15) is 9.29 Å². The van der Waals surface area contributed by atoms with Crippen molar-refractivity contribution in [3.8, 4) is 5.75 Å². The second-order valence-electron chi connectivity index (χ2n) is 6.86. The van der Waals surface area contributed by atoms with Crippen LogP contribution < -0.4 is 15.0 Å². The highest BCUT2D eigenvalue weighted by atomic mass is 32.2. The van der Waals surface area contributed by atoms with Crippen LogP contribution in [-0.4, -0.2) is 65.9 Å². The Labute approximate surface area is 175 Å². The fraction of sp³-hybridized carbons (Fsp3) is 0.316. The molecule has 3 aromatic rings. The first kappa shape index (κ1) is 20.1. The summed E-state index contributed by atoms with van der Waals surface area (Å²) < 4.78 is 31.9. The Morgan fingerprint density at radius 1 is 1.10 bits per heavy atom. The molecule has 158 valence electrons. The van der Waals surface area contributed by atoms with Crippen molar-refractivity contribution in [1.82, 2.24) is 24.2 Å². The van der Waals surface area contributed by atoms with Crippen LogP contribution in [0.15, 0.2) is 47.9 Å². The number of anilines is 3. The molecule has 1 fully saturated rings. The van der Waals surface area contributed by atoms with E-state index in [-0.39, 0.29) is 5.03 Å². The standard InChI is InChI=1S/C19H23N7O3S/c1-14-11-17(23-15-3-5-16(29-2)6-4-15)24-19(22-14)25-7-9-26(10-8-25)30(27,28)18-12-20-13-21-18/h3-6,11-13H,7-10H2,1-2H3,(H,20,21)(H,22,23,24). The highest BCUT2D eigenvalue weighted by Crippen LogP contribution is 2.22. The highest BCUT2D eigenvalue weighted by Gasteiger charge is 2.30. The van der Waals surface area contributed by atoms with Gasteiger partial charge in [-0.15, -0.1) is 0 Å². The van der Waals surface area contributed by atoms with Crippen molar-refractivity contribution in [3.05, 3.63) is 48.5 Å². The molecule has 11 heteroatoms. The number of aryl methyl sites for hydroxylation is 1. The maximum atomic E-state index is 12.6. The Balaban J connectivity index is 1.46. The van der Waals surface area contributed by atoms with Crippen LogP contribution in [-0.2, 0) is 10.0 Å². The zero-order valence-electron chi connectivity index (χ0n) is 16.7. The van der Waals surface area contributed by atoms with Crippen LogP contribution in [0, 0.1) is 6.92 Å². The average Bonchev–Trinajstić information content (AvgIpc) is 3.30. The molecule has 2 N–H and O–H groups in total. The Morgan fingerprint density at radius 2 is 1.83 bits per heavy atom. The summed E-state index contributed by atoms with van der Waals surface area (Å²) in [5, 5.41) is 3.38. The first-order chi connectivity index (χ1) is 14.5. The van der Waals surface area contributed by atoms with Gasteiger partial charge in [-0.1, -0.05) is 0 Å². The maximum Gasteiger partial charge on any atom is 0.260 e. The third-order valence-corrected chi connectivity index (χ3v) is 6.64. The second kappa shape index (κ2) is 8.28. The van der Waals surface area contributed by atoms with Crippen LogP contribution in [0.2, 0.25) is 0 Å². The minimum Gasteiger partial charge on any atom is -0.497 e. The molecular weight excluding hydrogens is 406 g/mol. The number of hydrogen-bond acceptors (Lipinski definition) is 8. The Hall–Kier alpha value is -3.18. The lowest BCUT2D eigenvalue weighted by Gasteiger charge is -2.33. The van der Waals surface area contributed by atoms with Gasteiger partial charge in [0.15, 0.2) is 5.03 Å². The third-order valence-electron chi connectivity index (χ3n) is 4.82. The summed E-state index contributed by atoms with van der Waals surface area (Å²) in [7, 11) is -1.93. The van der Waals surface area contributed by atoms with Gasteiger partial charge in [0, 0.05) is 43.6 Å². The Kier molecular flexibility index (Phi) is 5.55. The molecule has 0 atom stereocenters. The predicted octanol–water partition coefficient (Wildman–Crippen LogP) is 1.77. The van der Waals surface area contributed by atoms with Crippen molar-refractivity contribution in [3.63, 3.8) is 0 Å². The van der Waals surface area contributed by atoms with Gasteiger partial charge in [-0.25, -0.2) is 18.4 Å². The molecule has 1 aliphatic heterocycles. The van der Waals surface area contributed by atoms with Gasteiger partial charge in [0.2, 0.25) is 5.95 Å². The molecule has 4 rings (SSSR count). The number of ether oxygens (including phenoxy) is 1. The number of benzene rings is 1. The molecule has 1 aliphatic rings. The van der Waals surface area contributed by atoms with Gasteiger partial charge in [-0.3, -0.25) is 0 Å². The first-order valence-electron chi connectivity index (χ1n) is 9.46. The minimum absolute atomic E-state index is 0.105. The van der Waals surface area contributed by atoms with Crippen molar-refractivity contribution >= 4 is 27.5 Å². The lowest BCUT2D eigenvalue weighted by molar-refractivity contribution is 0.381. The van der Waals surface area contributed by atoms with Crippen molar-refractivity contribution in [2.75, 3.05) is 43.5 Å². The minimum atomic E-state index is -3.56. The number of aromatic amines is 1. The Bertz CT molecular complexity index is 1090. The molecule has 1 saturated heterocycles. The molecule has 0 amide bonds. The lowest BCUT2D eigenvalue weighted by Crippen LogP contribution is -2.49. The molecule has 0 spiro atoms. The Morgan fingerprint density at radius 3 is 2.47 bits per heavy atom. The van der Waals surface area contributed by atoms with Gasteiger partial charge < -0.3 is 19.9 Å². The van der Waals surface area contributed by atoms with Crippen LogP contribution in [0.5, 0.6) is 5.75 Å². The summed E-state index contributed by atoms with van der Waals surface area (Å²) in [5.74, 6) is 2.03. The normalized spacial score (nSPS) is 15.2. The molecule has 0 saturated carbocycles. The number of piperazine rings is 1. The zero-order chi connectivity index (χ0) is 21.1. The molecule has 0 unspecified atom stereocenters. The van der Waals surface area contributed by atoms with E-state index < -0.39 is 10.0 Å². The van der Waals surface area contributed by atoms with Crippen LogP contribution in [0.1, 0.15) is 5.69 Å². The highest BCUT2D eigenvalue weighted by molar-refractivity contribution is 7.89. The van der Waals surface area contributed by atoms with Crippen molar-refractivity contribution < 1.29 is 13.2 Å². The average molecular weight is 430 g/mol. The smallest absolute Gasteiger partial charge is 0.260 e. The number of hydrogen-bond donors (Lipinski definition) is 2. The number of imidazole rings is 1. The summed E-state index contributed by atoms with van der Waals surface area (Å²) in [6.07, 6.45) is 2.68. The number of sulfonamides is 1. The van der Waals surface area contributed by atoms with Crippen LogP contribution in [0.3, 0.4) is 0 Å². The molecule has 2 aromatic heterocycles. The van der Waals surface area contributed by atoms with Crippen LogP contribution in [0.25, 0.3) is 0 Å². The summed E-state index contributed by atoms with van der Waals surface area (Å²) in [6.45, 7) is 3.60. The molecule has 10 nitrogen and oxygen atoms in total. The number of methoxy groups -OCH3 is 1. The summed E-state index contributed by atoms with van der Waals surface area (Å²) in [6, 6.07) is 9.43. The van der Waals surface area contributed by atoms with Crippen LogP contribution in [0.4, 0.5) is 17.5 Å². The second-order valence-corrected chi connectivity index (χ2v) is 8.76. The fourth-order valence-corrected chi connectivity index (χ4v) is 4.55. The SMILES string of the molecule is COc1ccc(Nc2cc(C)nc(N3CCN(S(=O)(=O)c4cnc[nH]4)CC3)n2)cc1. The molecule has 0 aliphatic carbocycles.